The molecular weight excluding hydrogens is 396 g/mol. The van der Waals surface area contributed by atoms with Crippen molar-refractivity contribution in [1.29, 1.82) is 0 Å². The van der Waals surface area contributed by atoms with Crippen molar-refractivity contribution in [3.63, 3.8) is 0 Å². The van der Waals surface area contributed by atoms with Crippen LogP contribution < -0.4 is 23.8 Å². The molecule has 0 saturated heterocycles. The minimum absolute atomic E-state index is 0.0171. The van der Waals surface area contributed by atoms with Crippen molar-refractivity contribution in [2.75, 3.05) is 24.8 Å². The van der Waals surface area contributed by atoms with Gasteiger partial charge in [-0.25, -0.2) is 13.1 Å². The van der Waals surface area contributed by atoms with Gasteiger partial charge in [0.2, 0.25) is 22.7 Å². The summed E-state index contributed by atoms with van der Waals surface area (Å²) in [6.45, 7) is 3.92. The second-order valence-electron chi connectivity index (χ2n) is 6.99. The van der Waals surface area contributed by atoms with E-state index in [1.807, 2.05) is 6.92 Å². The Labute approximate surface area is 169 Å². The van der Waals surface area contributed by atoms with E-state index >= 15 is 0 Å². The molecule has 0 radical (unpaired) electrons. The van der Waals surface area contributed by atoms with Crippen LogP contribution in [0.1, 0.15) is 19.4 Å². The zero-order valence-electron chi connectivity index (χ0n) is 16.2. The monoisotopic (exact) mass is 418 g/mol. The summed E-state index contributed by atoms with van der Waals surface area (Å²) in [6.07, 6.45) is 0.630. The average Bonchev–Trinajstić information content (AvgIpc) is 3.27. The Hall–Kier alpha value is -2.78. The van der Waals surface area contributed by atoms with E-state index in [9.17, 15) is 13.2 Å². The van der Waals surface area contributed by atoms with E-state index in [1.165, 1.54) is 13.0 Å². The minimum Gasteiger partial charge on any atom is -0.492 e. The van der Waals surface area contributed by atoms with Gasteiger partial charge in [0.25, 0.3) is 0 Å². The lowest BCUT2D eigenvalue weighted by molar-refractivity contribution is -0.116. The van der Waals surface area contributed by atoms with Crippen molar-refractivity contribution in [3.8, 4) is 17.2 Å². The van der Waals surface area contributed by atoms with Crippen LogP contribution in [-0.4, -0.2) is 40.3 Å². The fourth-order valence-corrected chi connectivity index (χ4v) is 4.71. The van der Waals surface area contributed by atoms with Gasteiger partial charge in [-0.1, -0.05) is 0 Å². The molecule has 1 atom stereocenters. The van der Waals surface area contributed by atoms with Gasteiger partial charge in [0.15, 0.2) is 11.5 Å². The number of sulfonamides is 1. The summed E-state index contributed by atoms with van der Waals surface area (Å²) in [7, 11) is -3.68. The summed E-state index contributed by atoms with van der Waals surface area (Å²) in [5.74, 6) is 1.79. The molecule has 9 heteroatoms. The maximum Gasteiger partial charge on any atom is 0.240 e. The van der Waals surface area contributed by atoms with Crippen molar-refractivity contribution in [3.05, 3.63) is 42.0 Å². The molecule has 2 aliphatic rings. The van der Waals surface area contributed by atoms with E-state index in [1.54, 1.807) is 35.2 Å². The molecule has 0 aromatic heterocycles. The number of fused-ring (bicyclic) bond motifs is 2. The highest BCUT2D eigenvalue weighted by molar-refractivity contribution is 7.89. The van der Waals surface area contributed by atoms with Crippen molar-refractivity contribution in [2.45, 2.75) is 31.2 Å². The number of nitrogens with zero attached hydrogens (tertiary/aromatic N) is 1. The van der Waals surface area contributed by atoms with E-state index in [-0.39, 0.29) is 36.8 Å². The highest BCUT2D eigenvalue weighted by Gasteiger charge is 2.30. The van der Waals surface area contributed by atoms with E-state index in [0.717, 1.165) is 11.3 Å². The van der Waals surface area contributed by atoms with Crippen LogP contribution >= 0.6 is 0 Å². The van der Waals surface area contributed by atoms with Crippen LogP contribution in [0, 0.1) is 0 Å². The standard InChI is InChI=1S/C20H22N2O6S/c1-13-9-15-10-17(4-5-18(15)22(13)14(2)23)29(24,25)21-7-8-26-16-3-6-19-20(11-16)28-12-27-19/h3-6,10-11,13,21H,7-9,12H2,1-2H3/t13-/m0/s1. The number of carbonyl (C=O) groups excluding carboxylic acids is 1. The summed E-state index contributed by atoms with van der Waals surface area (Å²) in [6, 6.07) is 10.1. The molecule has 8 nitrogen and oxygen atoms in total. The SMILES string of the molecule is CC(=O)N1c2ccc(S(=O)(=O)NCCOc3ccc4c(c3)OCO4)cc2C[C@@H]1C. The number of benzene rings is 2. The molecule has 0 fully saturated rings. The van der Waals surface area contributed by atoms with Gasteiger partial charge >= 0.3 is 0 Å². The zero-order chi connectivity index (χ0) is 20.6. The molecule has 0 bridgehead atoms. The van der Waals surface area contributed by atoms with Crippen molar-refractivity contribution in [2.24, 2.45) is 0 Å². The highest BCUT2D eigenvalue weighted by Crippen LogP contribution is 2.35. The van der Waals surface area contributed by atoms with Gasteiger partial charge in [-0.15, -0.1) is 0 Å². The molecule has 2 aliphatic heterocycles. The first-order chi connectivity index (χ1) is 13.8. The molecule has 1 N–H and O–H groups in total. The Balaban J connectivity index is 1.37. The Bertz CT molecular complexity index is 1050. The highest BCUT2D eigenvalue weighted by atomic mass is 32.2. The molecular formula is C20H22N2O6S. The molecule has 154 valence electrons. The van der Waals surface area contributed by atoms with E-state index in [4.69, 9.17) is 14.2 Å². The number of carbonyl (C=O) groups is 1. The van der Waals surface area contributed by atoms with E-state index in [2.05, 4.69) is 4.72 Å². The van der Waals surface area contributed by atoms with Gasteiger partial charge in [-0.05, 0) is 49.2 Å². The first-order valence-electron chi connectivity index (χ1n) is 9.30. The molecule has 2 aromatic carbocycles. The predicted molar refractivity (Wildman–Crippen MR) is 106 cm³/mol. The Morgan fingerprint density at radius 1 is 1.21 bits per heavy atom. The first-order valence-corrected chi connectivity index (χ1v) is 10.8. The lowest BCUT2D eigenvalue weighted by Crippen LogP contribution is -2.33. The predicted octanol–water partition coefficient (Wildman–Crippen LogP) is 2.07. The molecule has 0 aliphatic carbocycles. The fraction of sp³-hybridized carbons (Fsp3) is 0.350. The molecule has 1 amide bonds. The normalized spacial score (nSPS) is 17.3. The topological polar surface area (TPSA) is 94.2 Å². The fourth-order valence-electron chi connectivity index (χ4n) is 3.65. The van der Waals surface area contributed by atoms with Crippen LogP contribution in [-0.2, 0) is 21.2 Å². The number of rotatable bonds is 6. The third-order valence-corrected chi connectivity index (χ3v) is 6.38. The Morgan fingerprint density at radius 2 is 2.00 bits per heavy atom. The summed E-state index contributed by atoms with van der Waals surface area (Å²) < 4.78 is 43.9. The van der Waals surface area contributed by atoms with Crippen LogP contribution in [0.3, 0.4) is 0 Å². The van der Waals surface area contributed by atoms with Gasteiger partial charge in [0, 0.05) is 31.3 Å². The molecule has 29 heavy (non-hydrogen) atoms. The summed E-state index contributed by atoms with van der Waals surface area (Å²) in [5.41, 5.74) is 1.63. The Kier molecular flexibility index (Phi) is 5.10. The molecule has 2 aromatic rings. The van der Waals surface area contributed by atoms with E-state index in [0.29, 0.717) is 23.7 Å². The summed E-state index contributed by atoms with van der Waals surface area (Å²) in [5, 5.41) is 0. The van der Waals surface area contributed by atoms with E-state index < -0.39 is 10.0 Å². The number of amides is 1. The van der Waals surface area contributed by atoms with Crippen molar-refractivity contribution >= 4 is 21.6 Å². The lowest BCUT2D eigenvalue weighted by Gasteiger charge is -2.20. The molecule has 0 spiro atoms. The summed E-state index contributed by atoms with van der Waals surface area (Å²) in [4.78, 5) is 13.7. The second-order valence-corrected chi connectivity index (χ2v) is 8.76. The molecule has 4 rings (SSSR count). The third kappa shape index (κ3) is 3.88. The van der Waals surface area contributed by atoms with Gasteiger partial charge < -0.3 is 19.1 Å². The average molecular weight is 418 g/mol. The van der Waals surface area contributed by atoms with Gasteiger partial charge in [0.1, 0.15) is 12.4 Å². The second kappa shape index (κ2) is 7.57. The molecule has 0 unspecified atom stereocenters. The Morgan fingerprint density at radius 3 is 2.79 bits per heavy atom. The smallest absolute Gasteiger partial charge is 0.240 e. The van der Waals surface area contributed by atoms with Crippen LogP contribution in [0.5, 0.6) is 17.2 Å². The van der Waals surface area contributed by atoms with Crippen LogP contribution in [0.4, 0.5) is 5.69 Å². The number of nitrogens with one attached hydrogen (secondary N) is 1. The van der Waals surface area contributed by atoms with Gasteiger partial charge in [-0.2, -0.15) is 0 Å². The van der Waals surface area contributed by atoms with Crippen LogP contribution in [0.2, 0.25) is 0 Å². The van der Waals surface area contributed by atoms with Gasteiger partial charge in [-0.3, -0.25) is 4.79 Å². The first kappa shape index (κ1) is 19.5. The lowest BCUT2D eigenvalue weighted by atomic mass is 10.1. The minimum atomic E-state index is -3.68. The molecule has 2 heterocycles. The third-order valence-electron chi connectivity index (χ3n) is 4.92. The number of ether oxygens (including phenoxy) is 3. The number of hydrogen-bond donors (Lipinski definition) is 1. The van der Waals surface area contributed by atoms with Crippen molar-refractivity contribution < 1.29 is 27.4 Å². The maximum absolute atomic E-state index is 12.6. The van der Waals surface area contributed by atoms with Gasteiger partial charge in [0.05, 0.1) is 4.90 Å². The summed E-state index contributed by atoms with van der Waals surface area (Å²) >= 11 is 0. The maximum atomic E-state index is 12.6. The quantitative estimate of drug-likeness (QED) is 0.722. The van der Waals surface area contributed by atoms with Crippen LogP contribution in [0.15, 0.2) is 41.3 Å². The molecule has 0 saturated carbocycles. The largest absolute Gasteiger partial charge is 0.492 e. The van der Waals surface area contributed by atoms with Crippen LogP contribution in [0.25, 0.3) is 0 Å². The number of anilines is 1. The number of hydrogen-bond acceptors (Lipinski definition) is 6. The zero-order valence-corrected chi connectivity index (χ0v) is 17.0. The van der Waals surface area contributed by atoms with Crippen molar-refractivity contribution in [1.82, 2.24) is 4.72 Å².